The van der Waals surface area contributed by atoms with Gasteiger partial charge in [-0.2, -0.15) is 0 Å². The van der Waals surface area contributed by atoms with Crippen LogP contribution in [-0.4, -0.2) is 11.2 Å². The maximum Gasteiger partial charge on any atom is 0.0744 e. The van der Waals surface area contributed by atoms with E-state index in [0.717, 1.165) is 24.8 Å². The molecule has 64 valence electrons. The normalized spacial score (nSPS) is 12.6. The average Bonchev–Trinajstić information content (AvgIpc) is 1.86. The summed E-state index contributed by atoms with van der Waals surface area (Å²) >= 11 is 0. The van der Waals surface area contributed by atoms with Crippen LogP contribution >= 0.6 is 0 Å². The van der Waals surface area contributed by atoms with E-state index in [1.165, 1.54) is 5.57 Å². The number of allylic oxidation sites excluding steroid dienone is 1. The first-order valence-electron chi connectivity index (χ1n) is 4.02. The van der Waals surface area contributed by atoms with Gasteiger partial charge in [-0.15, -0.1) is 6.58 Å². The van der Waals surface area contributed by atoms with Crippen molar-refractivity contribution >= 4 is 0 Å². The highest BCUT2D eigenvalue weighted by molar-refractivity contribution is 4.97. The first kappa shape index (κ1) is 10.4. The molecular formula is C10H18O. The van der Waals surface area contributed by atoms with Crippen LogP contribution in [0.15, 0.2) is 24.3 Å². The molecule has 0 amide bonds. The zero-order chi connectivity index (χ0) is 8.85. The average molecular weight is 154 g/mol. The molecule has 0 bridgehead atoms. The van der Waals surface area contributed by atoms with Crippen LogP contribution in [0.3, 0.4) is 0 Å². The van der Waals surface area contributed by atoms with Crippen molar-refractivity contribution in [2.75, 3.05) is 0 Å². The highest BCUT2D eigenvalue weighted by Crippen LogP contribution is 2.10. The van der Waals surface area contributed by atoms with Crippen molar-refractivity contribution in [3.63, 3.8) is 0 Å². The molecule has 1 atom stereocenters. The maximum absolute atomic E-state index is 9.31. The first-order chi connectivity index (χ1) is 5.04. The number of aliphatic hydroxyl groups is 1. The molecule has 1 heteroatoms. The van der Waals surface area contributed by atoms with E-state index in [1.807, 2.05) is 13.8 Å². The van der Waals surface area contributed by atoms with Gasteiger partial charge < -0.3 is 5.11 Å². The largest absolute Gasteiger partial charge is 0.389 e. The molecule has 0 fully saturated rings. The van der Waals surface area contributed by atoms with Gasteiger partial charge in [0.15, 0.2) is 0 Å². The molecular weight excluding hydrogens is 136 g/mol. The summed E-state index contributed by atoms with van der Waals surface area (Å²) in [5.41, 5.74) is 2.03. The van der Waals surface area contributed by atoms with E-state index in [-0.39, 0.29) is 6.10 Å². The Morgan fingerprint density at radius 3 is 2.27 bits per heavy atom. The lowest BCUT2D eigenvalue weighted by Gasteiger charge is -2.08. The monoisotopic (exact) mass is 154 g/mol. The second kappa shape index (κ2) is 5.14. The summed E-state index contributed by atoms with van der Waals surface area (Å²) < 4.78 is 0. The molecule has 0 aliphatic heterocycles. The predicted octanol–water partition coefficient (Wildman–Crippen LogP) is 2.67. The summed E-state index contributed by atoms with van der Waals surface area (Å²) in [4.78, 5) is 0. The minimum Gasteiger partial charge on any atom is -0.389 e. The molecule has 0 aliphatic carbocycles. The predicted molar refractivity (Wildman–Crippen MR) is 49.5 cm³/mol. The molecule has 0 aliphatic rings. The SMILES string of the molecule is C=C(C)CCCC(O)C(=C)C. The van der Waals surface area contributed by atoms with Gasteiger partial charge in [-0.25, -0.2) is 0 Å². The van der Waals surface area contributed by atoms with Crippen molar-refractivity contribution in [3.8, 4) is 0 Å². The Morgan fingerprint density at radius 2 is 1.91 bits per heavy atom. The highest BCUT2D eigenvalue weighted by Gasteiger charge is 2.02. The Hall–Kier alpha value is -0.560. The van der Waals surface area contributed by atoms with Crippen LogP contribution in [0.5, 0.6) is 0 Å². The quantitative estimate of drug-likeness (QED) is 0.604. The van der Waals surface area contributed by atoms with Crippen molar-refractivity contribution in [1.29, 1.82) is 0 Å². The Bertz CT molecular complexity index is 147. The summed E-state index contributed by atoms with van der Waals surface area (Å²) in [6.07, 6.45) is 2.49. The summed E-state index contributed by atoms with van der Waals surface area (Å²) in [5, 5.41) is 9.31. The molecule has 0 saturated heterocycles. The number of hydrogen-bond acceptors (Lipinski definition) is 1. The highest BCUT2D eigenvalue weighted by atomic mass is 16.3. The minimum atomic E-state index is -0.325. The van der Waals surface area contributed by atoms with E-state index in [0.29, 0.717) is 0 Å². The van der Waals surface area contributed by atoms with Crippen LogP contribution in [0, 0.1) is 0 Å². The molecule has 1 nitrogen and oxygen atoms in total. The molecule has 0 radical (unpaired) electrons. The molecule has 0 spiro atoms. The smallest absolute Gasteiger partial charge is 0.0744 e. The summed E-state index contributed by atoms with van der Waals surface area (Å²) in [7, 11) is 0. The number of hydrogen-bond donors (Lipinski definition) is 1. The van der Waals surface area contributed by atoms with Gasteiger partial charge in [0.2, 0.25) is 0 Å². The lowest BCUT2D eigenvalue weighted by molar-refractivity contribution is 0.198. The van der Waals surface area contributed by atoms with Crippen molar-refractivity contribution in [1.82, 2.24) is 0 Å². The third kappa shape index (κ3) is 5.86. The Balaban J connectivity index is 3.39. The van der Waals surface area contributed by atoms with Gasteiger partial charge in [0.05, 0.1) is 6.10 Å². The Kier molecular flexibility index (Phi) is 4.88. The van der Waals surface area contributed by atoms with E-state index >= 15 is 0 Å². The van der Waals surface area contributed by atoms with Crippen LogP contribution in [0.2, 0.25) is 0 Å². The van der Waals surface area contributed by atoms with Gasteiger partial charge in [0, 0.05) is 0 Å². The van der Waals surface area contributed by atoms with Crippen molar-refractivity contribution in [2.45, 2.75) is 39.2 Å². The summed E-state index contributed by atoms with van der Waals surface area (Å²) in [6.45, 7) is 11.3. The fraction of sp³-hybridized carbons (Fsp3) is 0.600. The molecule has 0 saturated carbocycles. The minimum absolute atomic E-state index is 0.325. The van der Waals surface area contributed by atoms with Crippen LogP contribution in [0.4, 0.5) is 0 Å². The molecule has 0 aromatic heterocycles. The molecule has 0 rings (SSSR count). The second-order valence-electron chi connectivity index (χ2n) is 3.21. The van der Waals surface area contributed by atoms with Crippen molar-refractivity contribution < 1.29 is 5.11 Å². The maximum atomic E-state index is 9.31. The van der Waals surface area contributed by atoms with E-state index < -0.39 is 0 Å². The molecule has 0 heterocycles. The van der Waals surface area contributed by atoms with Gasteiger partial charge in [-0.3, -0.25) is 0 Å². The molecule has 0 aromatic carbocycles. The molecule has 0 aromatic rings. The summed E-state index contributed by atoms with van der Waals surface area (Å²) in [5.74, 6) is 0. The van der Waals surface area contributed by atoms with Crippen molar-refractivity contribution in [2.24, 2.45) is 0 Å². The first-order valence-corrected chi connectivity index (χ1v) is 4.02. The number of rotatable bonds is 5. The van der Waals surface area contributed by atoms with E-state index in [2.05, 4.69) is 13.2 Å². The lowest BCUT2D eigenvalue weighted by Crippen LogP contribution is -2.06. The van der Waals surface area contributed by atoms with Crippen LogP contribution in [0.25, 0.3) is 0 Å². The van der Waals surface area contributed by atoms with Crippen LogP contribution in [-0.2, 0) is 0 Å². The van der Waals surface area contributed by atoms with Crippen LogP contribution < -0.4 is 0 Å². The van der Waals surface area contributed by atoms with Gasteiger partial charge in [-0.1, -0.05) is 17.7 Å². The molecule has 1 unspecified atom stereocenters. The Labute approximate surface area is 69.4 Å². The third-order valence-electron chi connectivity index (χ3n) is 1.65. The zero-order valence-electron chi connectivity index (χ0n) is 7.56. The molecule has 11 heavy (non-hydrogen) atoms. The Morgan fingerprint density at radius 1 is 1.36 bits per heavy atom. The van der Waals surface area contributed by atoms with E-state index in [4.69, 9.17) is 0 Å². The fourth-order valence-corrected chi connectivity index (χ4v) is 0.844. The number of aliphatic hydroxyl groups excluding tert-OH is 1. The van der Waals surface area contributed by atoms with Gasteiger partial charge in [0.25, 0.3) is 0 Å². The van der Waals surface area contributed by atoms with E-state index in [9.17, 15) is 5.11 Å². The third-order valence-corrected chi connectivity index (χ3v) is 1.65. The van der Waals surface area contributed by atoms with Gasteiger partial charge >= 0.3 is 0 Å². The fourth-order valence-electron chi connectivity index (χ4n) is 0.844. The van der Waals surface area contributed by atoms with Crippen molar-refractivity contribution in [3.05, 3.63) is 24.3 Å². The standard InChI is InChI=1S/C10H18O/c1-8(2)6-5-7-10(11)9(3)4/h10-11H,1,3,5-7H2,2,4H3. The zero-order valence-corrected chi connectivity index (χ0v) is 7.56. The van der Waals surface area contributed by atoms with E-state index in [1.54, 1.807) is 0 Å². The second-order valence-corrected chi connectivity index (χ2v) is 3.21. The molecule has 1 N–H and O–H groups in total. The van der Waals surface area contributed by atoms with Gasteiger partial charge in [0.1, 0.15) is 0 Å². The summed E-state index contributed by atoms with van der Waals surface area (Å²) in [6, 6.07) is 0. The van der Waals surface area contributed by atoms with Gasteiger partial charge in [-0.05, 0) is 33.1 Å². The topological polar surface area (TPSA) is 20.2 Å². The van der Waals surface area contributed by atoms with Crippen LogP contribution in [0.1, 0.15) is 33.1 Å². The lowest BCUT2D eigenvalue weighted by atomic mass is 10.0.